The fourth-order valence-electron chi connectivity index (χ4n) is 1.23. The molecule has 0 aliphatic heterocycles. The zero-order valence-corrected chi connectivity index (χ0v) is 12.1. The number of thioether (sulfide) groups is 1. The second-order valence-corrected chi connectivity index (χ2v) is 5.90. The molecule has 18 heavy (non-hydrogen) atoms. The number of carbonyl (C=O) groups is 1. The summed E-state index contributed by atoms with van der Waals surface area (Å²) in [4.78, 5) is 11.6. The summed E-state index contributed by atoms with van der Waals surface area (Å²) in [5.74, 6) is 0.295. The molecule has 1 amide bonds. The van der Waals surface area contributed by atoms with Crippen LogP contribution in [0.4, 0.5) is 0 Å². The molecule has 0 saturated heterocycles. The number of amides is 1. The average molecular weight is 288 g/mol. The lowest BCUT2D eigenvalue weighted by molar-refractivity contribution is -0.118. The molecule has 2 N–H and O–H groups in total. The first-order valence-electron chi connectivity index (χ1n) is 5.80. The highest BCUT2D eigenvalue weighted by atomic mass is 35.5. The molecule has 0 heterocycles. The van der Waals surface area contributed by atoms with Gasteiger partial charge in [0.1, 0.15) is 0 Å². The number of aliphatic hydroxyl groups excluding tert-OH is 1. The van der Waals surface area contributed by atoms with E-state index in [0.29, 0.717) is 17.3 Å². The predicted octanol–water partition coefficient (Wildman–Crippen LogP) is 2.46. The number of nitrogens with one attached hydrogen (secondary N) is 1. The number of aliphatic hydroxyl groups is 1. The molecule has 0 radical (unpaired) electrons. The van der Waals surface area contributed by atoms with Crippen molar-refractivity contribution in [2.75, 3.05) is 5.75 Å². The Morgan fingerprint density at radius 2 is 2.11 bits per heavy atom. The van der Waals surface area contributed by atoms with Crippen molar-refractivity contribution in [3.05, 3.63) is 34.9 Å². The van der Waals surface area contributed by atoms with Crippen LogP contribution < -0.4 is 5.32 Å². The van der Waals surface area contributed by atoms with Crippen LogP contribution in [0.3, 0.4) is 0 Å². The molecule has 0 aliphatic carbocycles. The van der Waals surface area contributed by atoms with Crippen LogP contribution in [0.15, 0.2) is 24.3 Å². The van der Waals surface area contributed by atoms with Gasteiger partial charge in [-0.1, -0.05) is 36.7 Å². The molecule has 0 spiro atoms. The first-order valence-corrected chi connectivity index (χ1v) is 7.23. The van der Waals surface area contributed by atoms with E-state index in [2.05, 4.69) is 5.32 Å². The summed E-state index contributed by atoms with van der Waals surface area (Å²) in [5, 5.41) is 12.8. The van der Waals surface area contributed by atoms with Crippen molar-refractivity contribution < 1.29 is 9.90 Å². The predicted molar refractivity (Wildman–Crippen MR) is 76.9 cm³/mol. The topological polar surface area (TPSA) is 49.3 Å². The molecule has 2 unspecified atom stereocenters. The third-order valence-corrected chi connectivity index (χ3v) is 4.31. The van der Waals surface area contributed by atoms with E-state index in [4.69, 9.17) is 11.6 Å². The molecule has 1 aromatic carbocycles. The van der Waals surface area contributed by atoms with Crippen molar-refractivity contribution in [2.45, 2.75) is 31.7 Å². The van der Waals surface area contributed by atoms with E-state index in [1.54, 1.807) is 13.0 Å². The Kier molecular flexibility index (Phi) is 6.54. The zero-order chi connectivity index (χ0) is 13.5. The van der Waals surface area contributed by atoms with Gasteiger partial charge >= 0.3 is 0 Å². The second kappa shape index (κ2) is 7.67. The van der Waals surface area contributed by atoms with Gasteiger partial charge in [-0.05, 0) is 18.6 Å². The minimum atomic E-state index is -0.411. The summed E-state index contributed by atoms with van der Waals surface area (Å²) in [7, 11) is 0. The van der Waals surface area contributed by atoms with Crippen molar-refractivity contribution in [1.82, 2.24) is 5.32 Å². The van der Waals surface area contributed by atoms with Gasteiger partial charge in [-0.15, -0.1) is 11.8 Å². The fourth-order valence-corrected chi connectivity index (χ4v) is 2.23. The standard InChI is InChI=1S/C13H18ClNO2S/c1-9(16)10(2)18-8-13(17)15-7-11-5-3-4-6-12(11)14/h3-6,9-10,16H,7-8H2,1-2H3,(H,15,17). The van der Waals surface area contributed by atoms with E-state index in [1.165, 1.54) is 11.8 Å². The molecule has 0 bridgehead atoms. The first kappa shape index (κ1) is 15.3. The van der Waals surface area contributed by atoms with Crippen LogP contribution in [0.2, 0.25) is 5.02 Å². The SMILES string of the molecule is CC(O)C(C)SCC(=O)NCc1ccccc1Cl. The Hall–Kier alpha value is -0.710. The summed E-state index contributed by atoms with van der Waals surface area (Å²) >= 11 is 7.42. The van der Waals surface area contributed by atoms with Gasteiger partial charge in [-0.2, -0.15) is 0 Å². The third kappa shape index (κ3) is 5.29. The molecule has 100 valence electrons. The van der Waals surface area contributed by atoms with Gasteiger partial charge in [0.15, 0.2) is 0 Å². The minimum absolute atomic E-state index is 0.0487. The van der Waals surface area contributed by atoms with Gasteiger partial charge in [-0.25, -0.2) is 0 Å². The molecule has 1 aromatic rings. The summed E-state index contributed by atoms with van der Waals surface area (Å²) in [6.07, 6.45) is -0.411. The van der Waals surface area contributed by atoms with Gasteiger partial charge in [0, 0.05) is 16.8 Å². The lowest BCUT2D eigenvalue weighted by Crippen LogP contribution is -2.27. The van der Waals surface area contributed by atoms with E-state index < -0.39 is 6.10 Å². The molecule has 0 fully saturated rings. The molecule has 5 heteroatoms. The number of hydrogen-bond acceptors (Lipinski definition) is 3. The normalized spacial score (nSPS) is 14.0. The number of benzene rings is 1. The van der Waals surface area contributed by atoms with E-state index >= 15 is 0 Å². The lowest BCUT2D eigenvalue weighted by atomic mass is 10.2. The molecule has 1 rings (SSSR count). The van der Waals surface area contributed by atoms with E-state index in [1.807, 2.05) is 25.1 Å². The maximum Gasteiger partial charge on any atom is 0.230 e. The van der Waals surface area contributed by atoms with Crippen LogP contribution in [0.1, 0.15) is 19.4 Å². The second-order valence-electron chi connectivity index (χ2n) is 4.12. The Morgan fingerprint density at radius 3 is 2.72 bits per heavy atom. The molecule has 0 aliphatic rings. The summed E-state index contributed by atoms with van der Waals surface area (Å²) in [5.41, 5.74) is 0.904. The maximum absolute atomic E-state index is 11.6. The quantitative estimate of drug-likeness (QED) is 0.845. The van der Waals surface area contributed by atoms with Crippen molar-refractivity contribution in [2.24, 2.45) is 0 Å². The Balaban J connectivity index is 2.32. The highest BCUT2D eigenvalue weighted by Crippen LogP contribution is 2.15. The number of carbonyl (C=O) groups excluding carboxylic acids is 1. The number of halogens is 1. The minimum Gasteiger partial charge on any atom is -0.392 e. The van der Waals surface area contributed by atoms with E-state index in [9.17, 15) is 9.90 Å². The van der Waals surface area contributed by atoms with Crippen molar-refractivity contribution >= 4 is 29.3 Å². The zero-order valence-electron chi connectivity index (χ0n) is 10.5. The molecule has 0 saturated carbocycles. The van der Waals surface area contributed by atoms with Gasteiger partial charge in [-0.3, -0.25) is 4.79 Å². The summed E-state index contributed by atoms with van der Waals surface area (Å²) in [6.45, 7) is 4.05. The Labute approximate surface area is 117 Å². The Morgan fingerprint density at radius 1 is 1.44 bits per heavy atom. The van der Waals surface area contributed by atoms with Crippen LogP contribution in [0.25, 0.3) is 0 Å². The van der Waals surface area contributed by atoms with Crippen LogP contribution in [-0.2, 0) is 11.3 Å². The van der Waals surface area contributed by atoms with Crippen molar-refractivity contribution in [1.29, 1.82) is 0 Å². The molecule has 3 nitrogen and oxygen atoms in total. The number of hydrogen-bond donors (Lipinski definition) is 2. The molecular formula is C13H18ClNO2S. The summed E-state index contributed by atoms with van der Waals surface area (Å²) < 4.78 is 0. The van der Waals surface area contributed by atoms with Crippen LogP contribution in [0.5, 0.6) is 0 Å². The smallest absolute Gasteiger partial charge is 0.230 e. The maximum atomic E-state index is 11.6. The van der Waals surface area contributed by atoms with Crippen LogP contribution in [-0.4, -0.2) is 28.1 Å². The van der Waals surface area contributed by atoms with Crippen LogP contribution in [0, 0.1) is 0 Å². The first-order chi connectivity index (χ1) is 8.50. The van der Waals surface area contributed by atoms with E-state index in [0.717, 1.165) is 5.56 Å². The van der Waals surface area contributed by atoms with Crippen LogP contribution >= 0.6 is 23.4 Å². The van der Waals surface area contributed by atoms with E-state index in [-0.39, 0.29) is 11.2 Å². The van der Waals surface area contributed by atoms with Gasteiger partial charge < -0.3 is 10.4 Å². The highest BCUT2D eigenvalue weighted by molar-refractivity contribution is 8.00. The van der Waals surface area contributed by atoms with Gasteiger partial charge in [0.2, 0.25) is 5.91 Å². The van der Waals surface area contributed by atoms with Crippen molar-refractivity contribution in [3.8, 4) is 0 Å². The lowest BCUT2D eigenvalue weighted by Gasteiger charge is -2.13. The Bertz CT molecular complexity index is 398. The highest BCUT2D eigenvalue weighted by Gasteiger charge is 2.11. The number of rotatable bonds is 6. The molecule has 0 aromatic heterocycles. The largest absolute Gasteiger partial charge is 0.392 e. The van der Waals surface area contributed by atoms with Gasteiger partial charge in [0.05, 0.1) is 11.9 Å². The monoisotopic (exact) mass is 287 g/mol. The molecule has 2 atom stereocenters. The average Bonchev–Trinajstić information content (AvgIpc) is 2.34. The summed E-state index contributed by atoms with van der Waals surface area (Å²) in [6, 6.07) is 7.42. The van der Waals surface area contributed by atoms with Crippen molar-refractivity contribution in [3.63, 3.8) is 0 Å². The molecular weight excluding hydrogens is 270 g/mol. The fraction of sp³-hybridized carbons (Fsp3) is 0.462. The third-order valence-electron chi connectivity index (χ3n) is 2.59. The van der Waals surface area contributed by atoms with Gasteiger partial charge in [0.25, 0.3) is 0 Å².